The summed E-state index contributed by atoms with van der Waals surface area (Å²) in [6.07, 6.45) is 2.80. The predicted octanol–water partition coefficient (Wildman–Crippen LogP) is 2.90. The van der Waals surface area contributed by atoms with Gasteiger partial charge in [0.25, 0.3) is 5.91 Å². The van der Waals surface area contributed by atoms with Crippen molar-refractivity contribution in [2.45, 2.75) is 38.8 Å². The lowest BCUT2D eigenvalue weighted by Gasteiger charge is -2.32. The van der Waals surface area contributed by atoms with Crippen molar-refractivity contribution in [1.82, 2.24) is 10.2 Å². The first-order valence-electron chi connectivity index (χ1n) is 8.20. The highest BCUT2D eigenvalue weighted by molar-refractivity contribution is 5.98. The number of hydrogen-bond donors (Lipinski definition) is 1. The predicted molar refractivity (Wildman–Crippen MR) is 86.8 cm³/mol. The van der Waals surface area contributed by atoms with E-state index in [0.717, 1.165) is 38.9 Å². The number of alkyl halides is 2. The molecule has 5 nitrogen and oxygen atoms in total. The number of nitrogens with one attached hydrogen (secondary N) is 1. The standard InChI is InChI=1S/C17H24F2N2O3/c1-3-9-21-10-7-12(8-11-21)20-16(22)13-5-4-6-14(23-2)15(13)24-17(18)19/h4-6,12,17H,3,7-11H2,1-2H3,(H,20,22). The zero-order chi connectivity index (χ0) is 17.5. The summed E-state index contributed by atoms with van der Waals surface area (Å²) in [5.41, 5.74) is 0.0608. The van der Waals surface area contributed by atoms with E-state index in [9.17, 15) is 13.6 Å². The topological polar surface area (TPSA) is 50.8 Å². The molecule has 1 aromatic rings. The van der Waals surface area contributed by atoms with Crippen LogP contribution in [-0.4, -0.2) is 50.2 Å². The van der Waals surface area contributed by atoms with E-state index in [1.165, 1.54) is 19.2 Å². The van der Waals surface area contributed by atoms with Gasteiger partial charge < -0.3 is 19.7 Å². The van der Waals surface area contributed by atoms with Gasteiger partial charge in [0.05, 0.1) is 12.7 Å². The Morgan fingerprint density at radius 2 is 2.08 bits per heavy atom. The van der Waals surface area contributed by atoms with Gasteiger partial charge in [-0.25, -0.2) is 0 Å². The largest absolute Gasteiger partial charge is 0.493 e. The van der Waals surface area contributed by atoms with Crippen molar-refractivity contribution in [3.8, 4) is 11.5 Å². The lowest BCUT2D eigenvalue weighted by atomic mass is 10.0. The summed E-state index contributed by atoms with van der Waals surface area (Å²) in [4.78, 5) is 14.8. The number of ether oxygens (including phenoxy) is 2. The van der Waals surface area contributed by atoms with Gasteiger partial charge in [0.1, 0.15) is 0 Å². The van der Waals surface area contributed by atoms with E-state index in [-0.39, 0.29) is 23.1 Å². The highest BCUT2D eigenvalue weighted by Gasteiger charge is 2.24. The Morgan fingerprint density at radius 3 is 2.67 bits per heavy atom. The Balaban J connectivity index is 2.04. The van der Waals surface area contributed by atoms with Crippen molar-refractivity contribution in [1.29, 1.82) is 0 Å². The number of likely N-dealkylation sites (tertiary alicyclic amines) is 1. The molecule has 1 fully saturated rings. The van der Waals surface area contributed by atoms with Crippen LogP contribution in [0.3, 0.4) is 0 Å². The van der Waals surface area contributed by atoms with Crippen LogP contribution in [-0.2, 0) is 0 Å². The third kappa shape index (κ3) is 4.80. The molecule has 1 aliphatic heterocycles. The van der Waals surface area contributed by atoms with E-state index in [1.54, 1.807) is 6.07 Å². The molecule has 7 heteroatoms. The van der Waals surface area contributed by atoms with Gasteiger partial charge in [-0.2, -0.15) is 8.78 Å². The smallest absolute Gasteiger partial charge is 0.387 e. The van der Waals surface area contributed by atoms with Gasteiger partial charge >= 0.3 is 6.61 Å². The molecule has 0 radical (unpaired) electrons. The summed E-state index contributed by atoms with van der Waals surface area (Å²) in [6.45, 7) is 2.03. The number of benzene rings is 1. The van der Waals surface area contributed by atoms with Crippen molar-refractivity contribution in [2.24, 2.45) is 0 Å². The van der Waals surface area contributed by atoms with E-state index in [1.807, 2.05) is 0 Å². The Kier molecular flexibility index (Phi) is 6.78. The Hall–Kier alpha value is -1.89. The van der Waals surface area contributed by atoms with E-state index < -0.39 is 12.5 Å². The van der Waals surface area contributed by atoms with Crippen LogP contribution in [0, 0.1) is 0 Å². The van der Waals surface area contributed by atoms with Crippen LogP contribution >= 0.6 is 0 Å². The molecule has 0 aromatic heterocycles. The SMILES string of the molecule is CCCN1CCC(NC(=O)c2cccc(OC)c2OC(F)F)CC1. The molecule has 1 heterocycles. The summed E-state index contributed by atoms with van der Waals surface area (Å²) in [6, 6.07) is 4.56. The summed E-state index contributed by atoms with van der Waals surface area (Å²) in [7, 11) is 1.35. The van der Waals surface area contributed by atoms with Crippen LogP contribution in [0.4, 0.5) is 8.78 Å². The van der Waals surface area contributed by atoms with Crippen LogP contribution < -0.4 is 14.8 Å². The fourth-order valence-corrected chi connectivity index (χ4v) is 2.95. The maximum atomic E-state index is 12.6. The lowest BCUT2D eigenvalue weighted by Crippen LogP contribution is -2.44. The molecule has 0 atom stereocenters. The number of para-hydroxylation sites is 1. The van der Waals surface area contributed by atoms with Crippen LogP contribution in [0.5, 0.6) is 11.5 Å². The molecule has 24 heavy (non-hydrogen) atoms. The van der Waals surface area contributed by atoms with Crippen molar-refractivity contribution in [3.05, 3.63) is 23.8 Å². The number of carbonyl (C=O) groups is 1. The molecule has 1 N–H and O–H groups in total. The number of carbonyl (C=O) groups excluding carboxylic acids is 1. The van der Waals surface area contributed by atoms with Gasteiger partial charge in [-0.3, -0.25) is 4.79 Å². The Morgan fingerprint density at radius 1 is 1.38 bits per heavy atom. The number of amides is 1. The molecule has 1 saturated heterocycles. The molecule has 1 aliphatic rings. The van der Waals surface area contributed by atoms with Crippen LogP contribution in [0.2, 0.25) is 0 Å². The molecule has 0 unspecified atom stereocenters. The number of nitrogens with zero attached hydrogens (tertiary/aromatic N) is 1. The van der Waals surface area contributed by atoms with Crippen molar-refractivity contribution in [2.75, 3.05) is 26.7 Å². The molecule has 134 valence electrons. The fraction of sp³-hybridized carbons (Fsp3) is 0.588. The van der Waals surface area contributed by atoms with E-state index in [0.29, 0.717) is 0 Å². The molecule has 0 spiro atoms. The first kappa shape index (κ1) is 18.4. The van der Waals surface area contributed by atoms with Crippen LogP contribution in [0.1, 0.15) is 36.5 Å². The number of halogens is 2. The van der Waals surface area contributed by atoms with Crippen molar-refractivity contribution in [3.63, 3.8) is 0 Å². The molecular formula is C17H24F2N2O3. The molecule has 2 rings (SSSR count). The van der Waals surface area contributed by atoms with Gasteiger partial charge in [-0.1, -0.05) is 13.0 Å². The minimum Gasteiger partial charge on any atom is -0.493 e. The normalized spacial score (nSPS) is 16.2. The molecule has 0 saturated carbocycles. The first-order valence-corrected chi connectivity index (χ1v) is 8.20. The van der Waals surface area contributed by atoms with Gasteiger partial charge in [-0.05, 0) is 37.9 Å². The lowest BCUT2D eigenvalue weighted by molar-refractivity contribution is -0.0515. The average Bonchev–Trinajstić information content (AvgIpc) is 2.56. The fourth-order valence-electron chi connectivity index (χ4n) is 2.95. The van der Waals surface area contributed by atoms with Gasteiger partial charge in [-0.15, -0.1) is 0 Å². The molecule has 1 aromatic carbocycles. The van der Waals surface area contributed by atoms with E-state index >= 15 is 0 Å². The van der Waals surface area contributed by atoms with E-state index in [4.69, 9.17) is 4.74 Å². The Bertz CT molecular complexity index is 547. The maximum absolute atomic E-state index is 12.6. The number of methoxy groups -OCH3 is 1. The van der Waals surface area contributed by atoms with Crippen LogP contribution in [0.15, 0.2) is 18.2 Å². The van der Waals surface area contributed by atoms with Gasteiger partial charge in [0.15, 0.2) is 11.5 Å². The zero-order valence-corrected chi connectivity index (χ0v) is 14.1. The molecule has 1 amide bonds. The minimum atomic E-state index is -3.02. The van der Waals surface area contributed by atoms with Gasteiger partial charge in [0.2, 0.25) is 0 Å². The number of piperidine rings is 1. The highest BCUT2D eigenvalue weighted by Crippen LogP contribution is 2.32. The monoisotopic (exact) mass is 342 g/mol. The minimum absolute atomic E-state index is 0.0382. The molecule has 0 bridgehead atoms. The second kappa shape index (κ2) is 8.82. The maximum Gasteiger partial charge on any atom is 0.387 e. The van der Waals surface area contributed by atoms with Crippen molar-refractivity contribution >= 4 is 5.91 Å². The Labute approximate surface area is 140 Å². The van der Waals surface area contributed by atoms with Crippen LogP contribution in [0.25, 0.3) is 0 Å². The number of rotatable bonds is 7. The van der Waals surface area contributed by atoms with Gasteiger partial charge in [0, 0.05) is 19.1 Å². The second-order valence-electron chi connectivity index (χ2n) is 5.80. The highest BCUT2D eigenvalue weighted by atomic mass is 19.3. The van der Waals surface area contributed by atoms with Crippen molar-refractivity contribution < 1.29 is 23.0 Å². The third-order valence-electron chi connectivity index (χ3n) is 4.11. The third-order valence-corrected chi connectivity index (χ3v) is 4.11. The summed E-state index contributed by atoms with van der Waals surface area (Å²) < 4.78 is 34.8. The quantitative estimate of drug-likeness (QED) is 0.828. The van der Waals surface area contributed by atoms with E-state index in [2.05, 4.69) is 21.9 Å². The molecule has 0 aliphatic carbocycles. The average molecular weight is 342 g/mol. The summed E-state index contributed by atoms with van der Waals surface area (Å²) >= 11 is 0. The summed E-state index contributed by atoms with van der Waals surface area (Å²) in [5, 5.41) is 2.92. The number of hydrogen-bond acceptors (Lipinski definition) is 4. The second-order valence-corrected chi connectivity index (χ2v) is 5.80. The first-order chi connectivity index (χ1) is 11.5. The molecular weight excluding hydrogens is 318 g/mol. The summed E-state index contributed by atoms with van der Waals surface area (Å²) in [5.74, 6) is -0.532. The zero-order valence-electron chi connectivity index (χ0n) is 14.1.